The maximum atomic E-state index is 12.9. The fourth-order valence-corrected chi connectivity index (χ4v) is 2.89. The van der Waals surface area contributed by atoms with Crippen molar-refractivity contribution in [3.05, 3.63) is 47.0 Å². The molecule has 0 aromatic heterocycles. The molecule has 4 rings (SSSR count). The Labute approximate surface area is 138 Å². The first-order valence-corrected chi connectivity index (χ1v) is 7.95. The van der Waals surface area contributed by atoms with E-state index in [4.69, 9.17) is 11.6 Å². The fourth-order valence-electron chi connectivity index (χ4n) is 2.77. The molecule has 1 saturated carbocycles. The van der Waals surface area contributed by atoms with Gasteiger partial charge in [0.05, 0.1) is 0 Å². The lowest BCUT2D eigenvalue weighted by atomic mass is 10.0. The van der Waals surface area contributed by atoms with Crippen molar-refractivity contribution in [1.82, 2.24) is 4.90 Å². The average molecular weight is 328 g/mol. The Morgan fingerprint density at radius 3 is 2.57 bits per heavy atom. The van der Waals surface area contributed by atoms with Gasteiger partial charge in [0, 0.05) is 17.6 Å². The molecule has 0 spiro atoms. The molecule has 1 atom stereocenters. The van der Waals surface area contributed by atoms with Crippen LogP contribution in [0, 0.1) is 5.92 Å². The largest absolute Gasteiger partial charge is 0.292 e. The van der Waals surface area contributed by atoms with Gasteiger partial charge in [-0.3, -0.25) is 19.5 Å². The molecule has 1 aromatic carbocycles. The number of carbonyl (C=O) groups is 2. The summed E-state index contributed by atoms with van der Waals surface area (Å²) >= 11 is 5.92. The number of nitrogens with zero attached hydrogens (tertiary/aromatic N) is 3. The van der Waals surface area contributed by atoms with Crippen LogP contribution in [0.25, 0.3) is 0 Å². The third kappa shape index (κ3) is 2.72. The molecule has 1 unspecified atom stereocenters. The van der Waals surface area contributed by atoms with Crippen LogP contribution in [0.3, 0.4) is 0 Å². The number of fused-ring (bicyclic) bond motifs is 1. The normalized spacial score (nSPS) is 23.5. The van der Waals surface area contributed by atoms with E-state index in [1.807, 2.05) is 12.1 Å². The van der Waals surface area contributed by atoms with Crippen molar-refractivity contribution >= 4 is 35.0 Å². The molecule has 5 nitrogen and oxygen atoms in total. The first-order valence-electron chi connectivity index (χ1n) is 7.57. The first-order chi connectivity index (χ1) is 11.1. The molecule has 23 heavy (non-hydrogen) atoms. The predicted octanol–water partition coefficient (Wildman–Crippen LogP) is 2.57. The Bertz CT molecular complexity index is 776. The molecule has 1 fully saturated rings. The van der Waals surface area contributed by atoms with E-state index >= 15 is 0 Å². The maximum Gasteiger partial charge on any atom is 0.271 e. The highest BCUT2D eigenvalue weighted by Crippen LogP contribution is 2.33. The van der Waals surface area contributed by atoms with Gasteiger partial charge in [-0.15, -0.1) is 0 Å². The Morgan fingerprint density at radius 2 is 1.87 bits per heavy atom. The lowest BCUT2D eigenvalue weighted by molar-refractivity contribution is -0.129. The summed E-state index contributed by atoms with van der Waals surface area (Å²) in [6.07, 6.45) is 5.24. The van der Waals surface area contributed by atoms with Gasteiger partial charge in [-0.2, -0.15) is 4.99 Å². The van der Waals surface area contributed by atoms with Crippen LogP contribution in [-0.4, -0.2) is 34.8 Å². The molecule has 2 aliphatic heterocycles. The summed E-state index contributed by atoms with van der Waals surface area (Å²) in [7, 11) is 0. The van der Waals surface area contributed by atoms with E-state index in [1.54, 1.807) is 23.1 Å². The molecule has 1 aliphatic carbocycles. The monoisotopic (exact) mass is 327 g/mol. The molecule has 0 bridgehead atoms. The number of amides is 2. The summed E-state index contributed by atoms with van der Waals surface area (Å²) in [4.78, 5) is 34.6. The van der Waals surface area contributed by atoms with Gasteiger partial charge >= 0.3 is 0 Å². The maximum absolute atomic E-state index is 12.9. The minimum atomic E-state index is -0.613. The van der Waals surface area contributed by atoms with E-state index in [0.717, 1.165) is 18.4 Å². The van der Waals surface area contributed by atoms with Crippen LogP contribution in [0.15, 0.2) is 46.4 Å². The summed E-state index contributed by atoms with van der Waals surface area (Å²) in [5.41, 5.74) is 1.38. The molecule has 2 heterocycles. The van der Waals surface area contributed by atoms with Crippen LogP contribution in [0.1, 0.15) is 24.4 Å². The van der Waals surface area contributed by atoms with Crippen molar-refractivity contribution in [2.45, 2.75) is 18.9 Å². The number of hydrogen-bond acceptors (Lipinski definition) is 3. The van der Waals surface area contributed by atoms with Crippen molar-refractivity contribution in [3.63, 3.8) is 0 Å². The van der Waals surface area contributed by atoms with E-state index < -0.39 is 6.04 Å². The third-order valence-corrected chi connectivity index (χ3v) is 4.43. The van der Waals surface area contributed by atoms with Gasteiger partial charge in [-0.25, -0.2) is 0 Å². The van der Waals surface area contributed by atoms with Gasteiger partial charge < -0.3 is 0 Å². The quantitative estimate of drug-likeness (QED) is 0.856. The van der Waals surface area contributed by atoms with Crippen LogP contribution < -0.4 is 0 Å². The Kier molecular flexibility index (Phi) is 3.38. The van der Waals surface area contributed by atoms with Gasteiger partial charge in [-0.05, 0) is 42.5 Å². The number of carbonyl (C=O) groups excluding carboxylic acids is 2. The van der Waals surface area contributed by atoms with E-state index in [-0.39, 0.29) is 11.8 Å². The second-order valence-corrected chi connectivity index (χ2v) is 6.40. The van der Waals surface area contributed by atoms with Crippen molar-refractivity contribution in [2.75, 3.05) is 6.54 Å². The van der Waals surface area contributed by atoms with Gasteiger partial charge in [0.2, 0.25) is 0 Å². The number of benzene rings is 1. The van der Waals surface area contributed by atoms with Crippen LogP contribution >= 0.6 is 11.6 Å². The molecule has 2 amide bonds. The molecular formula is C17H14ClN3O2. The topological polar surface area (TPSA) is 62.1 Å². The zero-order valence-electron chi connectivity index (χ0n) is 12.3. The van der Waals surface area contributed by atoms with Crippen molar-refractivity contribution in [3.8, 4) is 0 Å². The summed E-state index contributed by atoms with van der Waals surface area (Å²) in [6, 6.07) is 6.50. The number of halogens is 1. The first kappa shape index (κ1) is 14.3. The minimum absolute atomic E-state index is 0.134. The summed E-state index contributed by atoms with van der Waals surface area (Å²) in [5.74, 6) is 0.398. The molecular weight excluding hydrogens is 314 g/mol. The second kappa shape index (κ2) is 5.42. The smallest absolute Gasteiger partial charge is 0.271 e. The fraction of sp³-hybridized carbons (Fsp3) is 0.294. The zero-order valence-corrected chi connectivity index (χ0v) is 13.0. The molecule has 116 valence electrons. The van der Waals surface area contributed by atoms with Gasteiger partial charge in [0.15, 0.2) is 11.9 Å². The van der Waals surface area contributed by atoms with Crippen LogP contribution in [0.2, 0.25) is 5.02 Å². The minimum Gasteiger partial charge on any atom is -0.292 e. The van der Waals surface area contributed by atoms with Crippen LogP contribution in [0.4, 0.5) is 0 Å². The zero-order chi connectivity index (χ0) is 16.0. The molecule has 0 saturated heterocycles. The van der Waals surface area contributed by atoms with Crippen molar-refractivity contribution < 1.29 is 9.59 Å². The van der Waals surface area contributed by atoms with Crippen molar-refractivity contribution in [2.24, 2.45) is 15.9 Å². The highest BCUT2D eigenvalue weighted by atomic mass is 35.5. The highest BCUT2D eigenvalue weighted by molar-refractivity contribution is 6.51. The number of dihydropyridines is 1. The average Bonchev–Trinajstić information content (AvgIpc) is 3.35. The third-order valence-electron chi connectivity index (χ3n) is 4.18. The SMILES string of the molecule is O=C1C=CC2=NC(c3ccc(Cl)cc3)C(=O)N(CC3CC3)C2=N1. The van der Waals surface area contributed by atoms with Gasteiger partial charge in [0.25, 0.3) is 11.8 Å². The molecule has 0 radical (unpaired) electrons. The number of hydrogen-bond donors (Lipinski definition) is 0. The van der Waals surface area contributed by atoms with Gasteiger partial charge in [-0.1, -0.05) is 23.7 Å². The summed E-state index contributed by atoms with van der Waals surface area (Å²) in [6.45, 7) is 0.599. The molecule has 0 N–H and O–H groups in total. The Balaban J connectivity index is 1.75. The van der Waals surface area contributed by atoms with E-state index in [0.29, 0.717) is 29.0 Å². The Hall–Kier alpha value is -2.27. The lowest BCUT2D eigenvalue weighted by Crippen LogP contribution is -2.49. The number of aliphatic imine (C=N–C) groups is 2. The van der Waals surface area contributed by atoms with Crippen LogP contribution in [-0.2, 0) is 9.59 Å². The highest BCUT2D eigenvalue weighted by Gasteiger charge is 2.39. The summed E-state index contributed by atoms with van der Waals surface area (Å²) < 4.78 is 0. The Morgan fingerprint density at radius 1 is 1.13 bits per heavy atom. The standard InChI is InChI=1S/C17H14ClN3O2/c18-12-5-3-11(4-6-12)15-17(23)21(9-10-1-2-10)16-13(19-15)7-8-14(22)20-16/h3-8,10,15H,1-2,9H2. The second-order valence-electron chi connectivity index (χ2n) is 5.97. The van der Waals surface area contributed by atoms with E-state index in [2.05, 4.69) is 9.98 Å². The summed E-state index contributed by atoms with van der Waals surface area (Å²) in [5, 5.41) is 0.616. The lowest BCUT2D eigenvalue weighted by Gasteiger charge is -2.32. The predicted molar refractivity (Wildman–Crippen MR) is 87.6 cm³/mol. The molecule has 3 aliphatic rings. The molecule has 6 heteroatoms. The molecule has 1 aromatic rings. The van der Waals surface area contributed by atoms with E-state index in [1.165, 1.54) is 6.08 Å². The van der Waals surface area contributed by atoms with E-state index in [9.17, 15) is 9.59 Å². The van der Waals surface area contributed by atoms with Crippen LogP contribution in [0.5, 0.6) is 0 Å². The van der Waals surface area contributed by atoms with Gasteiger partial charge in [0.1, 0.15) is 5.71 Å². The van der Waals surface area contributed by atoms with Crippen molar-refractivity contribution in [1.29, 1.82) is 0 Å². The number of amidine groups is 1. The number of rotatable bonds is 3.